The van der Waals surface area contributed by atoms with E-state index >= 15 is 0 Å². The predicted octanol–water partition coefficient (Wildman–Crippen LogP) is 4.63. The van der Waals surface area contributed by atoms with Gasteiger partial charge in [0.1, 0.15) is 0 Å². The van der Waals surface area contributed by atoms with Crippen molar-refractivity contribution in [2.75, 3.05) is 11.9 Å². The number of rotatable bonds is 1. The molecule has 2 aliphatic rings. The molecule has 0 unspecified atom stereocenters. The average Bonchev–Trinajstić information content (AvgIpc) is 2.55. The molecule has 108 valence electrons. The molecule has 0 bridgehead atoms. The molecule has 0 amide bonds. The molecule has 0 aliphatic carbocycles. The third-order valence-corrected chi connectivity index (χ3v) is 4.87. The van der Waals surface area contributed by atoms with Crippen LogP contribution in [0.5, 0.6) is 0 Å². The summed E-state index contributed by atoms with van der Waals surface area (Å²) in [6.07, 6.45) is 2.62. The van der Waals surface area contributed by atoms with Crippen LogP contribution in [0.2, 0.25) is 0 Å². The van der Waals surface area contributed by atoms with Gasteiger partial charge in [-0.1, -0.05) is 42.5 Å². The molecule has 2 heteroatoms. The summed E-state index contributed by atoms with van der Waals surface area (Å²) in [7, 11) is 0. The zero-order chi connectivity index (χ0) is 14.2. The van der Waals surface area contributed by atoms with Gasteiger partial charge in [-0.3, -0.25) is 0 Å². The van der Waals surface area contributed by atoms with Crippen LogP contribution in [-0.2, 0) is 4.74 Å². The van der Waals surface area contributed by atoms with E-state index in [1.165, 1.54) is 28.8 Å². The van der Waals surface area contributed by atoms with Gasteiger partial charge in [-0.15, -0.1) is 0 Å². The van der Waals surface area contributed by atoms with Crippen LogP contribution in [0.25, 0.3) is 0 Å². The van der Waals surface area contributed by atoms with Crippen molar-refractivity contribution in [2.45, 2.75) is 31.9 Å². The van der Waals surface area contributed by atoms with Crippen molar-refractivity contribution in [1.82, 2.24) is 0 Å². The summed E-state index contributed by atoms with van der Waals surface area (Å²) in [5.74, 6) is 0.523. The van der Waals surface area contributed by atoms with Crippen LogP contribution in [-0.4, -0.2) is 6.61 Å². The van der Waals surface area contributed by atoms with Gasteiger partial charge in [0.15, 0.2) is 0 Å². The molecule has 0 spiro atoms. The molecule has 2 aromatic rings. The van der Waals surface area contributed by atoms with Crippen molar-refractivity contribution in [2.24, 2.45) is 5.92 Å². The molecule has 2 nitrogen and oxygen atoms in total. The fraction of sp³-hybridized carbons (Fsp3) is 0.368. The standard InChI is InChI=1S/C19H21NO/c1-13-7-5-11-16-17(13)19-15(10-6-12-21-19)18(20-16)14-8-3-2-4-9-14/h2-5,7-9,11,15,18-20H,6,10,12H2,1H3/t15-,18+,19-/m0/s1. The first kappa shape index (κ1) is 12.9. The second-order valence-corrected chi connectivity index (χ2v) is 6.17. The topological polar surface area (TPSA) is 21.3 Å². The first-order valence-electron chi connectivity index (χ1n) is 7.87. The van der Waals surface area contributed by atoms with Crippen molar-refractivity contribution in [3.05, 3.63) is 65.2 Å². The lowest BCUT2D eigenvalue weighted by Crippen LogP contribution is -2.36. The van der Waals surface area contributed by atoms with Crippen molar-refractivity contribution in [1.29, 1.82) is 0 Å². The van der Waals surface area contributed by atoms with Crippen LogP contribution in [0.15, 0.2) is 48.5 Å². The molecular weight excluding hydrogens is 258 g/mol. The molecule has 0 aromatic heterocycles. The molecule has 21 heavy (non-hydrogen) atoms. The Morgan fingerprint density at radius 2 is 1.90 bits per heavy atom. The summed E-state index contributed by atoms with van der Waals surface area (Å²) in [5.41, 5.74) is 5.31. The van der Waals surface area contributed by atoms with E-state index in [1.54, 1.807) is 0 Å². The van der Waals surface area contributed by atoms with Gasteiger partial charge in [-0.25, -0.2) is 0 Å². The second-order valence-electron chi connectivity index (χ2n) is 6.17. The highest BCUT2D eigenvalue weighted by Crippen LogP contribution is 2.49. The van der Waals surface area contributed by atoms with Crippen molar-refractivity contribution in [3.63, 3.8) is 0 Å². The van der Waals surface area contributed by atoms with Crippen LogP contribution < -0.4 is 5.32 Å². The van der Waals surface area contributed by atoms with Crippen molar-refractivity contribution < 1.29 is 4.74 Å². The Balaban J connectivity index is 1.81. The highest BCUT2D eigenvalue weighted by Gasteiger charge is 2.40. The summed E-state index contributed by atoms with van der Waals surface area (Å²) in [5, 5.41) is 3.77. The summed E-state index contributed by atoms with van der Waals surface area (Å²) in [6.45, 7) is 3.08. The molecule has 1 saturated heterocycles. The maximum atomic E-state index is 6.20. The van der Waals surface area contributed by atoms with Crippen molar-refractivity contribution >= 4 is 5.69 Å². The van der Waals surface area contributed by atoms with Gasteiger partial charge in [-0.05, 0) is 37.0 Å². The monoisotopic (exact) mass is 279 g/mol. The van der Waals surface area contributed by atoms with E-state index in [0.29, 0.717) is 12.0 Å². The quantitative estimate of drug-likeness (QED) is 0.821. The highest BCUT2D eigenvalue weighted by molar-refractivity contribution is 5.59. The van der Waals surface area contributed by atoms with Gasteiger partial charge in [0.25, 0.3) is 0 Å². The van der Waals surface area contributed by atoms with E-state index in [1.807, 2.05) is 0 Å². The number of fused-ring (bicyclic) bond motifs is 3. The molecule has 1 N–H and O–H groups in total. The Labute approximate surface area is 126 Å². The van der Waals surface area contributed by atoms with Crippen LogP contribution >= 0.6 is 0 Å². The predicted molar refractivity (Wildman–Crippen MR) is 85.4 cm³/mol. The number of hydrogen-bond donors (Lipinski definition) is 1. The SMILES string of the molecule is Cc1cccc2c1[C@H]1OCCC[C@H]1[C@@H](c1ccccc1)N2. The molecular formula is C19H21NO. The number of aryl methyl sites for hydroxylation is 1. The summed E-state index contributed by atoms with van der Waals surface area (Å²) in [6, 6.07) is 17.7. The molecule has 4 rings (SSSR count). The second kappa shape index (κ2) is 5.19. The molecule has 1 fully saturated rings. The molecule has 2 heterocycles. The molecule has 2 aromatic carbocycles. The van der Waals surface area contributed by atoms with Gasteiger partial charge in [0.05, 0.1) is 12.1 Å². The molecule has 0 radical (unpaired) electrons. The lowest BCUT2D eigenvalue weighted by Gasteiger charge is -2.44. The number of ether oxygens (including phenoxy) is 1. The molecule has 0 saturated carbocycles. The lowest BCUT2D eigenvalue weighted by molar-refractivity contribution is -0.0384. The Hall–Kier alpha value is -1.80. The van der Waals surface area contributed by atoms with E-state index < -0.39 is 0 Å². The minimum atomic E-state index is 0.237. The Morgan fingerprint density at radius 3 is 2.76 bits per heavy atom. The van der Waals surface area contributed by atoms with E-state index in [9.17, 15) is 0 Å². The van der Waals surface area contributed by atoms with Gasteiger partial charge < -0.3 is 10.1 Å². The summed E-state index contributed by atoms with van der Waals surface area (Å²) in [4.78, 5) is 0. The van der Waals surface area contributed by atoms with E-state index in [0.717, 1.165) is 13.0 Å². The van der Waals surface area contributed by atoms with Crippen LogP contribution in [0, 0.1) is 12.8 Å². The minimum Gasteiger partial charge on any atom is -0.378 e. The Bertz CT molecular complexity index is 637. The third-order valence-electron chi connectivity index (χ3n) is 4.87. The highest BCUT2D eigenvalue weighted by atomic mass is 16.5. The van der Waals surface area contributed by atoms with Crippen molar-refractivity contribution in [3.8, 4) is 0 Å². The fourth-order valence-corrected chi connectivity index (χ4v) is 3.89. The number of hydrogen-bond acceptors (Lipinski definition) is 2. The first-order valence-corrected chi connectivity index (χ1v) is 7.87. The third kappa shape index (κ3) is 2.14. The maximum absolute atomic E-state index is 6.20. The summed E-state index contributed by atoms with van der Waals surface area (Å²) >= 11 is 0. The molecule has 3 atom stereocenters. The maximum Gasteiger partial charge on any atom is 0.0898 e. The fourth-order valence-electron chi connectivity index (χ4n) is 3.89. The normalized spacial score (nSPS) is 27.4. The Morgan fingerprint density at radius 1 is 1.05 bits per heavy atom. The first-order chi connectivity index (χ1) is 10.3. The van der Waals surface area contributed by atoms with Crippen LogP contribution in [0.4, 0.5) is 5.69 Å². The zero-order valence-corrected chi connectivity index (χ0v) is 12.4. The van der Waals surface area contributed by atoms with E-state index in [4.69, 9.17) is 4.74 Å². The number of anilines is 1. The van der Waals surface area contributed by atoms with Gasteiger partial charge in [-0.2, -0.15) is 0 Å². The number of nitrogens with one attached hydrogen (secondary N) is 1. The van der Waals surface area contributed by atoms with E-state index in [2.05, 4.69) is 60.8 Å². The Kier molecular flexibility index (Phi) is 3.19. The van der Waals surface area contributed by atoms with Gasteiger partial charge in [0, 0.05) is 23.8 Å². The van der Waals surface area contributed by atoms with E-state index in [-0.39, 0.29) is 6.10 Å². The average molecular weight is 279 g/mol. The van der Waals surface area contributed by atoms with Crippen LogP contribution in [0.3, 0.4) is 0 Å². The van der Waals surface area contributed by atoms with Crippen LogP contribution in [0.1, 0.15) is 41.7 Å². The minimum absolute atomic E-state index is 0.237. The molecule has 2 aliphatic heterocycles. The number of benzene rings is 2. The van der Waals surface area contributed by atoms with Gasteiger partial charge in [0.2, 0.25) is 0 Å². The largest absolute Gasteiger partial charge is 0.378 e. The lowest BCUT2D eigenvalue weighted by atomic mass is 9.76. The summed E-state index contributed by atoms with van der Waals surface area (Å²) < 4.78 is 6.20. The smallest absolute Gasteiger partial charge is 0.0898 e. The zero-order valence-electron chi connectivity index (χ0n) is 12.4. The van der Waals surface area contributed by atoms with Gasteiger partial charge >= 0.3 is 0 Å².